The molecule has 1 unspecified atom stereocenters. The summed E-state index contributed by atoms with van der Waals surface area (Å²) in [4.78, 5) is 11.5. The molecular weight excluding hydrogens is 242 g/mol. The Labute approximate surface area is 112 Å². The molecule has 0 aliphatic heterocycles. The van der Waals surface area contributed by atoms with Crippen molar-refractivity contribution >= 4 is 16.9 Å². The van der Waals surface area contributed by atoms with Gasteiger partial charge >= 0.3 is 5.97 Å². The zero-order valence-electron chi connectivity index (χ0n) is 11.3. The van der Waals surface area contributed by atoms with Gasteiger partial charge in [-0.15, -0.1) is 0 Å². The number of rotatable bonds is 6. The van der Waals surface area contributed by atoms with E-state index < -0.39 is 0 Å². The molecule has 1 aromatic carbocycles. The lowest BCUT2D eigenvalue weighted by Crippen LogP contribution is -2.28. The molecule has 2 rings (SSSR count). The highest BCUT2D eigenvalue weighted by atomic mass is 16.5. The first-order valence-electron chi connectivity index (χ1n) is 6.50. The van der Waals surface area contributed by atoms with Gasteiger partial charge < -0.3 is 14.5 Å². The SMILES string of the molecule is CCC(CNCc1coc2ccccc12)C(=O)OC. The number of methoxy groups -OCH3 is 1. The Morgan fingerprint density at radius 3 is 2.95 bits per heavy atom. The van der Waals surface area contributed by atoms with Gasteiger partial charge in [0.25, 0.3) is 0 Å². The van der Waals surface area contributed by atoms with Crippen LogP contribution in [0.15, 0.2) is 34.9 Å². The molecule has 1 heterocycles. The second kappa shape index (κ2) is 6.38. The first-order chi connectivity index (χ1) is 9.26. The number of furan rings is 1. The maximum absolute atomic E-state index is 11.5. The molecule has 0 amide bonds. The summed E-state index contributed by atoms with van der Waals surface area (Å²) in [6.07, 6.45) is 2.53. The van der Waals surface area contributed by atoms with Gasteiger partial charge in [-0.1, -0.05) is 25.1 Å². The van der Waals surface area contributed by atoms with Crippen LogP contribution < -0.4 is 5.32 Å². The van der Waals surface area contributed by atoms with E-state index >= 15 is 0 Å². The lowest BCUT2D eigenvalue weighted by Gasteiger charge is -2.12. The van der Waals surface area contributed by atoms with Gasteiger partial charge in [0, 0.05) is 24.0 Å². The lowest BCUT2D eigenvalue weighted by atomic mass is 10.1. The second-order valence-electron chi connectivity index (χ2n) is 4.52. The number of benzene rings is 1. The number of nitrogens with one attached hydrogen (secondary N) is 1. The number of ether oxygens (including phenoxy) is 1. The van der Waals surface area contributed by atoms with E-state index in [1.807, 2.05) is 31.2 Å². The van der Waals surface area contributed by atoms with Crippen LogP contribution in [0.25, 0.3) is 11.0 Å². The predicted octanol–water partition coefficient (Wildman–Crippen LogP) is 2.72. The monoisotopic (exact) mass is 261 g/mol. The number of hydrogen-bond donors (Lipinski definition) is 1. The van der Waals surface area contributed by atoms with Gasteiger partial charge in [0.15, 0.2) is 0 Å². The number of carbonyl (C=O) groups is 1. The van der Waals surface area contributed by atoms with Gasteiger partial charge in [0.05, 0.1) is 19.3 Å². The van der Waals surface area contributed by atoms with E-state index in [9.17, 15) is 4.79 Å². The molecule has 1 atom stereocenters. The fourth-order valence-corrected chi connectivity index (χ4v) is 2.11. The van der Waals surface area contributed by atoms with Crippen molar-refractivity contribution in [1.82, 2.24) is 5.32 Å². The Morgan fingerprint density at radius 1 is 1.42 bits per heavy atom. The molecule has 0 aliphatic carbocycles. The number of carbonyl (C=O) groups excluding carboxylic acids is 1. The summed E-state index contributed by atoms with van der Waals surface area (Å²) in [5, 5.41) is 4.40. The predicted molar refractivity (Wildman–Crippen MR) is 73.7 cm³/mol. The minimum Gasteiger partial charge on any atom is -0.469 e. The van der Waals surface area contributed by atoms with Crippen LogP contribution in [0.4, 0.5) is 0 Å². The third-order valence-corrected chi connectivity index (χ3v) is 3.29. The minimum absolute atomic E-state index is 0.0943. The molecule has 4 heteroatoms. The standard InChI is InChI=1S/C15H19NO3/c1-3-11(15(17)18-2)8-16-9-12-10-19-14-7-5-4-6-13(12)14/h4-7,10-11,16H,3,8-9H2,1-2H3. The first kappa shape index (κ1) is 13.6. The van der Waals surface area contributed by atoms with Crippen LogP contribution in [0.2, 0.25) is 0 Å². The summed E-state index contributed by atoms with van der Waals surface area (Å²) in [6, 6.07) is 7.92. The van der Waals surface area contributed by atoms with Crippen molar-refractivity contribution in [2.75, 3.05) is 13.7 Å². The van der Waals surface area contributed by atoms with Gasteiger partial charge in [-0.2, -0.15) is 0 Å². The third-order valence-electron chi connectivity index (χ3n) is 3.29. The molecule has 2 aromatic rings. The Morgan fingerprint density at radius 2 is 2.21 bits per heavy atom. The summed E-state index contributed by atoms with van der Waals surface area (Å²) < 4.78 is 10.2. The molecule has 19 heavy (non-hydrogen) atoms. The van der Waals surface area contributed by atoms with Crippen molar-refractivity contribution in [1.29, 1.82) is 0 Å². The van der Waals surface area contributed by atoms with Crippen LogP contribution in [0.3, 0.4) is 0 Å². The third kappa shape index (κ3) is 3.15. The van der Waals surface area contributed by atoms with E-state index in [4.69, 9.17) is 9.15 Å². The Hall–Kier alpha value is -1.81. The van der Waals surface area contributed by atoms with Crippen LogP contribution in [0.5, 0.6) is 0 Å². The molecule has 1 N–H and O–H groups in total. The number of para-hydroxylation sites is 1. The summed E-state index contributed by atoms with van der Waals surface area (Å²) in [7, 11) is 1.43. The van der Waals surface area contributed by atoms with E-state index in [-0.39, 0.29) is 11.9 Å². The van der Waals surface area contributed by atoms with Crippen LogP contribution in [0.1, 0.15) is 18.9 Å². The van der Waals surface area contributed by atoms with Gasteiger partial charge in [0.1, 0.15) is 5.58 Å². The molecule has 0 radical (unpaired) electrons. The Balaban J connectivity index is 1.94. The highest BCUT2D eigenvalue weighted by Gasteiger charge is 2.16. The fourth-order valence-electron chi connectivity index (χ4n) is 2.11. The van der Waals surface area contributed by atoms with E-state index in [1.165, 1.54) is 7.11 Å². The van der Waals surface area contributed by atoms with Crippen LogP contribution in [-0.2, 0) is 16.1 Å². The normalized spacial score (nSPS) is 12.5. The van der Waals surface area contributed by atoms with Crippen molar-refractivity contribution in [2.24, 2.45) is 5.92 Å². The number of esters is 1. The Bertz CT molecular complexity index is 547. The van der Waals surface area contributed by atoms with Gasteiger partial charge in [0.2, 0.25) is 0 Å². The summed E-state index contributed by atoms with van der Waals surface area (Å²) in [5.74, 6) is -0.254. The highest BCUT2D eigenvalue weighted by Crippen LogP contribution is 2.20. The fraction of sp³-hybridized carbons (Fsp3) is 0.400. The molecule has 0 aliphatic rings. The van der Waals surface area contributed by atoms with E-state index in [0.717, 1.165) is 23.0 Å². The van der Waals surface area contributed by atoms with Crippen molar-refractivity contribution in [3.8, 4) is 0 Å². The molecule has 1 aromatic heterocycles. The zero-order chi connectivity index (χ0) is 13.7. The lowest BCUT2D eigenvalue weighted by molar-refractivity contribution is -0.145. The summed E-state index contributed by atoms with van der Waals surface area (Å²) in [6.45, 7) is 3.28. The molecule has 0 saturated carbocycles. The maximum atomic E-state index is 11.5. The average molecular weight is 261 g/mol. The molecule has 0 saturated heterocycles. The van der Waals surface area contributed by atoms with Crippen molar-refractivity contribution < 1.29 is 13.9 Å². The van der Waals surface area contributed by atoms with Gasteiger partial charge in [-0.25, -0.2) is 0 Å². The Kier molecular flexibility index (Phi) is 4.58. The van der Waals surface area contributed by atoms with Crippen LogP contribution >= 0.6 is 0 Å². The van der Waals surface area contributed by atoms with Crippen molar-refractivity contribution in [3.05, 3.63) is 36.1 Å². The summed E-state index contributed by atoms with van der Waals surface area (Å²) in [5.41, 5.74) is 2.00. The van der Waals surface area contributed by atoms with E-state index in [1.54, 1.807) is 6.26 Å². The molecule has 0 fully saturated rings. The van der Waals surface area contributed by atoms with Gasteiger partial charge in [-0.3, -0.25) is 4.79 Å². The zero-order valence-corrected chi connectivity index (χ0v) is 11.3. The molecule has 4 nitrogen and oxygen atoms in total. The molecular formula is C15H19NO3. The number of fused-ring (bicyclic) bond motifs is 1. The van der Waals surface area contributed by atoms with Crippen molar-refractivity contribution in [3.63, 3.8) is 0 Å². The highest BCUT2D eigenvalue weighted by molar-refractivity contribution is 5.80. The average Bonchev–Trinajstić information content (AvgIpc) is 2.86. The van der Waals surface area contributed by atoms with Crippen LogP contribution in [0, 0.1) is 5.92 Å². The molecule has 0 spiro atoms. The van der Waals surface area contributed by atoms with Gasteiger partial charge in [-0.05, 0) is 12.5 Å². The largest absolute Gasteiger partial charge is 0.469 e. The van der Waals surface area contributed by atoms with E-state index in [0.29, 0.717) is 13.1 Å². The smallest absolute Gasteiger partial charge is 0.309 e. The first-order valence-corrected chi connectivity index (χ1v) is 6.50. The summed E-state index contributed by atoms with van der Waals surface area (Å²) >= 11 is 0. The minimum atomic E-state index is -0.160. The second-order valence-corrected chi connectivity index (χ2v) is 4.52. The molecule has 102 valence electrons. The topological polar surface area (TPSA) is 51.5 Å². The van der Waals surface area contributed by atoms with Crippen molar-refractivity contribution in [2.45, 2.75) is 19.9 Å². The van der Waals surface area contributed by atoms with Crippen LogP contribution in [-0.4, -0.2) is 19.6 Å². The molecule has 0 bridgehead atoms. The maximum Gasteiger partial charge on any atom is 0.309 e. The number of hydrogen-bond acceptors (Lipinski definition) is 4. The van der Waals surface area contributed by atoms with E-state index in [2.05, 4.69) is 5.32 Å². The quantitative estimate of drug-likeness (QED) is 0.812.